The molecule has 18 heavy (non-hydrogen) atoms. The summed E-state index contributed by atoms with van der Waals surface area (Å²) in [5.74, 6) is 0. The molecule has 98 valence electrons. The van der Waals surface area contributed by atoms with Crippen LogP contribution in [0.15, 0.2) is 18.3 Å². The Balaban J connectivity index is 1.84. The Bertz CT molecular complexity index is 422. The summed E-state index contributed by atoms with van der Waals surface area (Å²) in [5, 5.41) is 12.4. The second-order valence-corrected chi connectivity index (χ2v) is 4.75. The number of carboxylic acid groups (broad SMARTS) is 1. The maximum atomic E-state index is 10.9. The Morgan fingerprint density at radius 1 is 1.67 bits per heavy atom. The van der Waals surface area contributed by atoms with Crippen molar-refractivity contribution in [2.45, 2.75) is 32.4 Å². The molecule has 0 unspecified atom stereocenters. The molecule has 1 aliphatic heterocycles. The number of aromatic nitrogens is 1. The van der Waals surface area contributed by atoms with E-state index >= 15 is 0 Å². The number of hydrogen-bond acceptors (Lipinski definition) is 3. The molecule has 1 saturated heterocycles. The fraction of sp³-hybridized carbons (Fsp3) is 0.538. The topological polar surface area (TPSA) is 65.5 Å². The Kier molecular flexibility index (Phi) is 4.15. The van der Waals surface area contributed by atoms with Crippen LogP contribution in [0.3, 0.4) is 0 Å². The monoisotopic (exact) mass is 249 g/mol. The normalized spacial score (nSPS) is 19.8. The minimum Gasteiger partial charge on any atom is -0.465 e. The first-order chi connectivity index (χ1) is 8.65. The van der Waals surface area contributed by atoms with Crippen LogP contribution in [0.4, 0.5) is 4.79 Å². The van der Waals surface area contributed by atoms with Gasteiger partial charge in [-0.15, -0.1) is 0 Å². The summed E-state index contributed by atoms with van der Waals surface area (Å²) in [7, 11) is 0. The predicted molar refractivity (Wildman–Crippen MR) is 68.4 cm³/mol. The SMILES string of the molecule is Cc1cc(CN[C@H]2CCCN(C(=O)O)C2)ccn1. The largest absolute Gasteiger partial charge is 0.465 e. The Morgan fingerprint density at radius 3 is 3.22 bits per heavy atom. The van der Waals surface area contributed by atoms with Gasteiger partial charge in [-0.2, -0.15) is 0 Å². The molecule has 1 aromatic heterocycles. The van der Waals surface area contributed by atoms with Crippen LogP contribution in [0, 0.1) is 6.92 Å². The van der Waals surface area contributed by atoms with Gasteiger partial charge in [-0.25, -0.2) is 4.79 Å². The number of likely N-dealkylation sites (tertiary alicyclic amines) is 1. The molecule has 1 aromatic rings. The van der Waals surface area contributed by atoms with Gasteiger partial charge in [-0.05, 0) is 37.5 Å². The number of rotatable bonds is 3. The summed E-state index contributed by atoms with van der Waals surface area (Å²) >= 11 is 0. The van der Waals surface area contributed by atoms with Crippen molar-refractivity contribution < 1.29 is 9.90 Å². The maximum Gasteiger partial charge on any atom is 0.407 e. The minimum absolute atomic E-state index is 0.253. The lowest BCUT2D eigenvalue weighted by Crippen LogP contribution is -2.47. The second-order valence-electron chi connectivity index (χ2n) is 4.75. The highest BCUT2D eigenvalue weighted by Gasteiger charge is 2.22. The van der Waals surface area contributed by atoms with Gasteiger partial charge in [-0.3, -0.25) is 4.98 Å². The summed E-state index contributed by atoms with van der Waals surface area (Å²) < 4.78 is 0. The summed E-state index contributed by atoms with van der Waals surface area (Å²) in [6.07, 6.45) is 2.95. The lowest BCUT2D eigenvalue weighted by molar-refractivity contribution is 0.126. The van der Waals surface area contributed by atoms with Crippen molar-refractivity contribution in [3.63, 3.8) is 0 Å². The fourth-order valence-corrected chi connectivity index (χ4v) is 2.29. The summed E-state index contributed by atoms with van der Waals surface area (Å²) in [6.45, 7) is 3.97. The van der Waals surface area contributed by atoms with Crippen molar-refractivity contribution in [2.24, 2.45) is 0 Å². The number of aryl methyl sites for hydroxylation is 1. The third kappa shape index (κ3) is 3.43. The van der Waals surface area contributed by atoms with Gasteiger partial charge in [-0.1, -0.05) is 0 Å². The van der Waals surface area contributed by atoms with Crippen molar-refractivity contribution in [1.29, 1.82) is 0 Å². The number of amides is 1. The molecule has 0 radical (unpaired) electrons. The van der Waals surface area contributed by atoms with Crippen LogP contribution in [-0.4, -0.2) is 40.2 Å². The molecule has 2 heterocycles. The molecular formula is C13H19N3O2. The van der Waals surface area contributed by atoms with E-state index in [1.165, 1.54) is 10.5 Å². The zero-order valence-electron chi connectivity index (χ0n) is 10.6. The average molecular weight is 249 g/mol. The standard InChI is InChI=1S/C13H19N3O2/c1-10-7-11(4-5-14-10)8-15-12-3-2-6-16(9-12)13(17)18/h4-5,7,12,15H,2-3,6,8-9H2,1H3,(H,17,18)/t12-/m0/s1. The molecular weight excluding hydrogens is 230 g/mol. The van der Waals surface area contributed by atoms with E-state index in [-0.39, 0.29) is 6.04 Å². The highest BCUT2D eigenvalue weighted by atomic mass is 16.4. The van der Waals surface area contributed by atoms with E-state index in [0.29, 0.717) is 13.1 Å². The van der Waals surface area contributed by atoms with E-state index in [1.54, 1.807) is 6.20 Å². The average Bonchev–Trinajstić information content (AvgIpc) is 2.37. The maximum absolute atomic E-state index is 10.9. The van der Waals surface area contributed by atoms with Gasteiger partial charge in [0.15, 0.2) is 0 Å². The van der Waals surface area contributed by atoms with Gasteiger partial charge < -0.3 is 15.3 Å². The highest BCUT2D eigenvalue weighted by Crippen LogP contribution is 2.11. The number of nitrogens with zero attached hydrogens (tertiary/aromatic N) is 2. The van der Waals surface area contributed by atoms with Gasteiger partial charge in [0.2, 0.25) is 0 Å². The van der Waals surface area contributed by atoms with Crippen LogP contribution in [0.25, 0.3) is 0 Å². The van der Waals surface area contributed by atoms with Crippen molar-refractivity contribution in [1.82, 2.24) is 15.2 Å². The van der Waals surface area contributed by atoms with Crippen molar-refractivity contribution in [3.05, 3.63) is 29.6 Å². The van der Waals surface area contributed by atoms with Gasteiger partial charge in [0.1, 0.15) is 0 Å². The predicted octanol–water partition coefficient (Wildman–Crippen LogP) is 1.62. The summed E-state index contributed by atoms with van der Waals surface area (Å²) in [5.41, 5.74) is 2.19. The molecule has 1 amide bonds. The first-order valence-electron chi connectivity index (χ1n) is 6.28. The summed E-state index contributed by atoms with van der Waals surface area (Å²) in [6, 6.07) is 4.28. The summed E-state index contributed by atoms with van der Waals surface area (Å²) in [4.78, 5) is 16.5. The number of nitrogens with one attached hydrogen (secondary N) is 1. The van der Waals surface area contributed by atoms with Gasteiger partial charge >= 0.3 is 6.09 Å². The Labute approximate surface area is 107 Å². The zero-order valence-corrected chi connectivity index (χ0v) is 10.6. The van der Waals surface area contributed by atoms with E-state index in [0.717, 1.165) is 25.1 Å². The second kappa shape index (κ2) is 5.82. The van der Waals surface area contributed by atoms with Gasteiger partial charge in [0.25, 0.3) is 0 Å². The lowest BCUT2D eigenvalue weighted by Gasteiger charge is -2.31. The first kappa shape index (κ1) is 12.8. The van der Waals surface area contributed by atoms with Crippen LogP contribution in [0.5, 0.6) is 0 Å². The molecule has 1 fully saturated rings. The fourth-order valence-electron chi connectivity index (χ4n) is 2.29. The Morgan fingerprint density at radius 2 is 2.50 bits per heavy atom. The molecule has 2 N–H and O–H groups in total. The molecule has 0 spiro atoms. The van der Waals surface area contributed by atoms with Crippen molar-refractivity contribution >= 4 is 6.09 Å². The van der Waals surface area contributed by atoms with Crippen molar-refractivity contribution in [2.75, 3.05) is 13.1 Å². The Hall–Kier alpha value is -1.62. The number of carbonyl (C=O) groups is 1. The molecule has 0 aliphatic carbocycles. The van der Waals surface area contributed by atoms with Crippen LogP contribution in [0.1, 0.15) is 24.1 Å². The van der Waals surface area contributed by atoms with Gasteiger partial charge in [0.05, 0.1) is 0 Å². The van der Waals surface area contributed by atoms with E-state index in [2.05, 4.69) is 10.3 Å². The molecule has 0 bridgehead atoms. The zero-order chi connectivity index (χ0) is 13.0. The molecule has 5 nitrogen and oxygen atoms in total. The third-order valence-electron chi connectivity index (χ3n) is 3.25. The molecule has 0 saturated carbocycles. The molecule has 0 aromatic carbocycles. The van der Waals surface area contributed by atoms with Crippen molar-refractivity contribution in [3.8, 4) is 0 Å². The molecule has 1 atom stereocenters. The highest BCUT2D eigenvalue weighted by molar-refractivity contribution is 5.65. The van der Waals surface area contributed by atoms with Crippen LogP contribution in [0.2, 0.25) is 0 Å². The number of pyridine rings is 1. The van der Waals surface area contributed by atoms with Crippen LogP contribution < -0.4 is 5.32 Å². The van der Waals surface area contributed by atoms with E-state index < -0.39 is 6.09 Å². The van der Waals surface area contributed by atoms with E-state index in [1.807, 2.05) is 19.1 Å². The van der Waals surface area contributed by atoms with Crippen LogP contribution in [-0.2, 0) is 6.54 Å². The van der Waals surface area contributed by atoms with Crippen LogP contribution >= 0.6 is 0 Å². The smallest absolute Gasteiger partial charge is 0.407 e. The van der Waals surface area contributed by atoms with Gasteiger partial charge in [0, 0.05) is 37.6 Å². The lowest BCUT2D eigenvalue weighted by atomic mass is 10.1. The first-order valence-corrected chi connectivity index (χ1v) is 6.28. The third-order valence-corrected chi connectivity index (χ3v) is 3.25. The van der Waals surface area contributed by atoms with E-state index in [4.69, 9.17) is 5.11 Å². The quantitative estimate of drug-likeness (QED) is 0.854. The molecule has 5 heteroatoms. The minimum atomic E-state index is -0.818. The molecule has 1 aliphatic rings. The van der Waals surface area contributed by atoms with E-state index in [9.17, 15) is 4.79 Å². The number of hydrogen-bond donors (Lipinski definition) is 2. The number of piperidine rings is 1. The molecule has 2 rings (SSSR count).